The van der Waals surface area contributed by atoms with Crippen LogP contribution in [0.1, 0.15) is 29.8 Å². The minimum Gasteiger partial charge on any atom is -0.313 e. The SMILES string of the molecule is CCN(CCC(NC)c1ccccc1F)Cc1cccs1. The zero-order valence-electron chi connectivity index (χ0n) is 12.7. The van der Waals surface area contributed by atoms with Gasteiger partial charge in [0.05, 0.1) is 0 Å². The summed E-state index contributed by atoms with van der Waals surface area (Å²) in [5.41, 5.74) is 0.757. The number of hydrogen-bond acceptors (Lipinski definition) is 3. The number of hydrogen-bond donors (Lipinski definition) is 1. The van der Waals surface area contributed by atoms with Crippen molar-refractivity contribution in [1.82, 2.24) is 10.2 Å². The van der Waals surface area contributed by atoms with Crippen LogP contribution >= 0.6 is 11.3 Å². The van der Waals surface area contributed by atoms with Crippen molar-refractivity contribution < 1.29 is 4.39 Å². The highest BCUT2D eigenvalue weighted by Gasteiger charge is 2.15. The van der Waals surface area contributed by atoms with Crippen LogP contribution < -0.4 is 5.32 Å². The molecule has 0 saturated heterocycles. The van der Waals surface area contributed by atoms with Crippen LogP contribution in [0.4, 0.5) is 4.39 Å². The van der Waals surface area contributed by atoms with E-state index in [1.54, 1.807) is 17.4 Å². The lowest BCUT2D eigenvalue weighted by atomic mass is 10.0. The van der Waals surface area contributed by atoms with E-state index in [0.29, 0.717) is 0 Å². The predicted octanol–water partition coefficient (Wildman–Crippen LogP) is 4.06. The molecule has 1 atom stereocenters. The fraction of sp³-hybridized carbons (Fsp3) is 0.412. The molecular weight excluding hydrogens is 283 g/mol. The summed E-state index contributed by atoms with van der Waals surface area (Å²) >= 11 is 1.79. The molecule has 0 bridgehead atoms. The van der Waals surface area contributed by atoms with Gasteiger partial charge in [-0.25, -0.2) is 4.39 Å². The maximum atomic E-state index is 13.9. The summed E-state index contributed by atoms with van der Waals surface area (Å²) in [6.45, 7) is 5.10. The van der Waals surface area contributed by atoms with Crippen LogP contribution in [0.5, 0.6) is 0 Å². The van der Waals surface area contributed by atoms with Gasteiger partial charge in [-0.05, 0) is 37.5 Å². The average Bonchev–Trinajstić information content (AvgIpc) is 3.01. The molecule has 1 N–H and O–H groups in total. The summed E-state index contributed by atoms with van der Waals surface area (Å²) in [4.78, 5) is 3.78. The van der Waals surface area contributed by atoms with Crippen molar-refractivity contribution in [1.29, 1.82) is 0 Å². The van der Waals surface area contributed by atoms with Crippen molar-refractivity contribution in [2.45, 2.75) is 25.9 Å². The van der Waals surface area contributed by atoms with Crippen molar-refractivity contribution in [2.75, 3.05) is 20.1 Å². The van der Waals surface area contributed by atoms with Gasteiger partial charge >= 0.3 is 0 Å². The van der Waals surface area contributed by atoms with Crippen LogP contribution in [-0.2, 0) is 6.54 Å². The lowest BCUT2D eigenvalue weighted by molar-refractivity contribution is 0.264. The summed E-state index contributed by atoms with van der Waals surface area (Å²) in [6, 6.07) is 11.3. The second-order valence-electron chi connectivity index (χ2n) is 5.10. The van der Waals surface area contributed by atoms with E-state index in [2.05, 4.69) is 34.7 Å². The molecule has 1 aromatic carbocycles. The molecule has 0 aliphatic heterocycles. The summed E-state index contributed by atoms with van der Waals surface area (Å²) in [5.74, 6) is -0.127. The van der Waals surface area contributed by atoms with Gasteiger partial charge in [-0.15, -0.1) is 11.3 Å². The standard InChI is InChI=1S/C17H23FN2S/c1-3-20(13-14-7-6-12-21-14)11-10-17(19-2)15-8-4-5-9-16(15)18/h4-9,12,17,19H,3,10-11,13H2,1-2H3. The first-order valence-corrected chi connectivity index (χ1v) is 8.29. The number of nitrogens with zero attached hydrogens (tertiary/aromatic N) is 1. The summed E-state index contributed by atoms with van der Waals surface area (Å²) < 4.78 is 13.9. The van der Waals surface area contributed by atoms with Crippen LogP contribution in [0.15, 0.2) is 41.8 Å². The fourth-order valence-corrected chi connectivity index (χ4v) is 3.24. The van der Waals surface area contributed by atoms with E-state index in [4.69, 9.17) is 0 Å². The topological polar surface area (TPSA) is 15.3 Å². The lowest BCUT2D eigenvalue weighted by Gasteiger charge is -2.24. The average molecular weight is 306 g/mol. The molecule has 0 spiro atoms. The zero-order chi connectivity index (χ0) is 15.1. The van der Waals surface area contributed by atoms with Crippen LogP contribution in [0.2, 0.25) is 0 Å². The van der Waals surface area contributed by atoms with Crippen molar-refractivity contribution in [3.8, 4) is 0 Å². The Morgan fingerprint density at radius 3 is 2.67 bits per heavy atom. The maximum absolute atomic E-state index is 13.9. The highest BCUT2D eigenvalue weighted by atomic mass is 32.1. The Bertz CT molecular complexity index is 527. The largest absolute Gasteiger partial charge is 0.313 e. The molecule has 2 nitrogen and oxygen atoms in total. The van der Waals surface area contributed by atoms with Crippen LogP contribution in [0.3, 0.4) is 0 Å². The van der Waals surface area contributed by atoms with E-state index >= 15 is 0 Å². The van der Waals surface area contributed by atoms with E-state index in [0.717, 1.165) is 31.6 Å². The molecule has 1 unspecified atom stereocenters. The van der Waals surface area contributed by atoms with Gasteiger partial charge in [0.15, 0.2) is 0 Å². The Hall–Kier alpha value is -1.23. The fourth-order valence-electron chi connectivity index (χ4n) is 2.50. The molecule has 2 rings (SSSR count). The number of benzene rings is 1. The normalized spacial score (nSPS) is 12.8. The number of nitrogens with one attached hydrogen (secondary N) is 1. The molecule has 1 aromatic heterocycles. The third-order valence-corrected chi connectivity index (χ3v) is 4.63. The van der Waals surface area contributed by atoms with Crippen LogP contribution in [-0.4, -0.2) is 25.0 Å². The van der Waals surface area contributed by atoms with Crippen LogP contribution in [0.25, 0.3) is 0 Å². The van der Waals surface area contributed by atoms with Gasteiger partial charge in [0.25, 0.3) is 0 Å². The van der Waals surface area contributed by atoms with E-state index in [-0.39, 0.29) is 11.9 Å². The monoisotopic (exact) mass is 306 g/mol. The van der Waals surface area contributed by atoms with Gasteiger partial charge in [0.2, 0.25) is 0 Å². The Balaban J connectivity index is 1.94. The van der Waals surface area contributed by atoms with E-state index in [9.17, 15) is 4.39 Å². The molecule has 114 valence electrons. The van der Waals surface area contributed by atoms with E-state index in [1.165, 1.54) is 10.9 Å². The number of halogens is 1. The van der Waals surface area contributed by atoms with Gasteiger partial charge < -0.3 is 5.32 Å². The molecule has 0 radical (unpaired) electrons. The summed E-state index contributed by atoms with van der Waals surface area (Å²) in [6.07, 6.45) is 0.899. The van der Waals surface area contributed by atoms with Crippen molar-refractivity contribution in [3.63, 3.8) is 0 Å². The summed E-state index contributed by atoms with van der Waals surface area (Å²) in [5, 5.41) is 5.34. The molecule has 0 amide bonds. The first-order chi connectivity index (χ1) is 10.2. The molecule has 0 fully saturated rings. The molecule has 2 aromatic rings. The second kappa shape index (κ2) is 8.27. The molecular formula is C17H23FN2S. The first-order valence-electron chi connectivity index (χ1n) is 7.41. The van der Waals surface area contributed by atoms with Crippen molar-refractivity contribution in [3.05, 3.63) is 58.0 Å². The van der Waals surface area contributed by atoms with Gasteiger partial charge in [0, 0.05) is 29.6 Å². The third-order valence-electron chi connectivity index (χ3n) is 3.77. The highest BCUT2D eigenvalue weighted by Crippen LogP contribution is 2.21. The molecule has 4 heteroatoms. The first kappa shape index (κ1) is 16.1. The molecule has 0 aliphatic rings. The van der Waals surface area contributed by atoms with E-state index < -0.39 is 0 Å². The van der Waals surface area contributed by atoms with Gasteiger partial charge in [0.1, 0.15) is 5.82 Å². The Labute approximate surface area is 130 Å². The van der Waals surface area contributed by atoms with Gasteiger partial charge in [-0.3, -0.25) is 4.90 Å². The zero-order valence-corrected chi connectivity index (χ0v) is 13.5. The second-order valence-corrected chi connectivity index (χ2v) is 6.13. The molecule has 0 aliphatic carbocycles. The van der Waals surface area contributed by atoms with Crippen molar-refractivity contribution in [2.24, 2.45) is 0 Å². The van der Waals surface area contributed by atoms with Gasteiger partial charge in [-0.2, -0.15) is 0 Å². The Morgan fingerprint density at radius 2 is 2.05 bits per heavy atom. The molecule has 21 heavy (non-hydrogen) atoms. The molecule has 0 saturated carbocycles. The number of rotatable bonds is 8. The highest BCUT2D eigenvalue weighted by molar-refractivity contribution is 7.09. The quantitative estimate of drug-likeness (QED) is 0.791. The Morgan fingerprint density at radius 1 is 1.24 bits per heavy atom. The van der Waals surface area contributed by atoms with E-state index in [1.807, 2.05) is 19.2 Å². The smallest absolute Gasteiger partial charge is 0.127 e. The Kier molecular flexibility index (Phi) is 6.36. The summed E-state index contributed by atoms with van der Waals surface area (Å²) in [7, 11) is 1.90. The number of thiophene rings is 1. The third kappa shape index (κ3) is 4.63. The minimum absolute atomic E-state index is 0.0589. The lowest BCUT2D eigenvalue weighted by Crippen LogP contribution is -2.28. The minimum atomic E-state index is -0.127. The predicted molar refractivity (Wildman–Crippen MR) is 88.1 cm³/mol. The van der Waals surface area contributed by atoms with Gasteiger partial charge in [-0.1, -0.05) is 31.2 Å². The maximum Gasteiger partial charge on any atom is 0.127 e. The molecule has 1 heterocycles. The van der Waals surface area contributed by atoms with Crippen molar-refractivity contribution >= 4 is 11.3 Å². The van der Waals surface area contributed by atoms with Crippen LogP contribution in [0, 0.1) is 5.82 Å².